The molecule has 3 amide bonds. The van der Waals surface area contributed by atoms with E-state index in [1.807, 2.05) is 0 Å². The van der Waals surface area contributed by atoms with Gasteiger partial charge in [-0.2, -0.15) is 5.48 Å². The fourth-order valence-electron chi connectivity index (χ4n) is 2.35. The summed E-state index contributed by atoms with van der Waals surface area (Å²) in [7, 11) is 0. The molecular formula is C22H31N5O6S. The summed E-state index contributed by atoms with van der Waals surface area (Å²) in [4.78, 5) is 49.5. The van der Waals surface area contributed by atoms with Gasteiger partial charge in [0.15, 0.2) is 0 Å². The van der Waals surface area contributed by atoms with Crippen LogP contribution < -0.4 is 16.1 Å². The molecule has 0 fully saturated rings. The van der Waals surface area contributed by atoms with Gasteiger partial charge in [-0.3, -0.25) is 14.6 Å². The first-order valence-electron chi connectivity index (χ1n) is 10.5. The van der Waals surface area contributed by atoms with E-state index >= 15 is 0 Å². The fourth-order valence-corrected chi connectivity index (χ4v) is 3.10. The summed E-state index contributed by atoms with van der Waals surface area (Å²) >= 11 is 1.33. The standard InChI is InChI=1S/C22H31N5O6S/c1-13(24-19(29)32-21(2,3)4)17(28)25-16-12-34-18(26-16)14-8-9-15(23-10-14)11-31-27-20(30)33-22(5,6)7/h8-10,12-13H,11H2,1-7H3,(H,24,29)(H,25,28)(H,27,30)/t13-/m0/s1. The molecule has 2 heterocycles. The van der Waals surface area contributed by atoms with Crippen LogP contribution in [0.15, 0.2) is 23.7 Å². The Kier molecular flexibility index (Phi) is 8.93. The number of nitrogens with one attached hydrogen (secondary N) is 3. The van der Waals surface area contributed by atoms with Crippen molar-refractivity contribution in [1.82, 2.24) is 20.8 Å². The first-order valence-corrected chi connectivity index (χ1v) is 11.4. The largest absolute Gasteiger partial charge is 0.444 e. The maximum Gasteiger partial charge on any atom is 0.431 e. The van der Waals surface area contributed by atoms with Crippen molar-refractivity contribution in [2.24, 2.45) is 0 Å². The van der Waals surface area contributed by atoms with Crippen molar-refractivity contribution in [1.29, 1.82) is 0 Å². The Balaban J connectivity index is 1.85. The summed E-state index contributed by atoms with van der Waals surface area (Å²) in [6.07, 6.45) is 0.256. The van der Waals surface area contributed by atoms with Crippen molar-refractivity contribution in [2.75, 3.05) is 5.32 Å². The molecule has 0 saturated carbocycles. The zero-order valence-electron chi connectivity index (χ0n) is 20.3. The lowest BCUT2D eigenvalue weighted by Crippen LogP contribution is -2.44. The molecule has 0 unspecified atom stereocenters. The topological polar surface area (TPSA) is 141 Å². The predicted octanol–water partition coefficient (Wildman–Crippen LogP) is 4.01. The SMILES string of the molecule is C[C@H](NC(=O)OC(C)(C)C)C(=O)Nc1csc(-c2ccc(CONC(=O)OC(C)(C)C)nc2)n1. The predicted molar refractivity (Wildman–Crippen MR) is 127 cm³/mol. The first-order chi connectivity index (χ1) is 15.7. The molecule has 34 heavy (non-hydrogen) atoms. The van der Waals surface area contributed by atoms with Crippen molar-refractivity contribution in [3.63, 3.8) is 0 Å². The maximum absolute atomic E-state index is 12.3. The number of thiazole rings is 1. The van der Waals surface area contributed by atoms with E-state index in [0.717, 1.165) is 5.56 Å². The van der Waals surface area contributed by atoms with Crippen molar-refractivity contribution in [2.45, 2.75) is 72.3 Å². The second kappa shape index (κ2) is 11.3. The number of rotatable bonds is 7. The Morgan fingerprint density at radius 3 is 2.26 bits per heavy atom. The van der Waals surface area contributed by atoms with Crippen molar-refractivity contribution >= 4 is 35.2 Å². The Bertz CT molecular complexity index is 994. The molecule has 12 heteroatoms. The van der Waals surface area contributed by atoms with Gasteiger partial charge in [0.25, 0.3) is 0 Å². The molecule has 0 radical (unpaired) electrons. The van der Waals surface area contributed by atoms with Gasteiger partial charge in [0.05, 0.1) is 5.69 Å². The van der Waals surface area contributed by atoms with Crippen LogP contribution in [0.2, 0.25) is 0 Å². The maximum atomic E-state index is 12.3. The Morgan fingerprint density at radius 2 is 1.68 bits per heavy atom. The third-order valence-corrected chi connectivity index (χ3v) is 4.62. The molecule has 0 aromatic carbocycles. The summed E-state index contributed by atoms with van der Waals surface area (Å²) in [5, 5.41) is 7.48. The third kappa shape index (κ3) is 9.71. The number of hydrogen-bond acceptors (Lipinski definition) is 9. The molecule has 0 saturated heterocycles. The van der Waals surface area contributed by atoms with Crippen molar-refractivity contribution in [3.05, 3.63) is 29.4 Å². The van der Waals surface area contributed by atoms with Gasteiger partial charge >= 0.3 is 12.2 Å². The highest BCUT2D eigenvalue weighted by Gasteiger charge is 2.22. The summed E-state index contributed by atoms with van der Waals surface area (Å²) in [5.41, 5.74) is 2.26. The monoisotopic (exact) mass is 493 g/mol. The number of alkyl carbamates (subject to hydrolysis) is 1. The zero-order chi connectivity index (χ0) is 25.5. The highest BCUT2D eigenvalue weighted by atomic mass is 32.1. The van der Waals surface area contributed by atoms with Gasteiger partial charge in [-0.1, -0.05) is 0 Å². The molecule has 0 aliphatic heterocycles. The number of nitrogens with zero attached hydrogens (tertiary/aromatic N) is 2. The number of aromatic nitrogens is 2. The van der Waals surface area contributed by atoms with Crippen molar-refractivity contribution in [3.8, 4) is 10.6 Å². The van der Waals surface area contributed by atoms with E-state index in [0.29, 0.717) is 16.5 Å². The van der Waals surface area contributed by atoms with E-state index in [9.17, 15) is 14.4 Å². The molecule has 1 atom stereocenters. The lowest BCUT2D eigenvalue weighted by Gasteiger charge is -2.21. The molecule has 2 rings (SSSR count). The van der Waals surface area contributed by atoms with Crippen LogP contribution in [0.3, 0.4) is 0 Å². The molecule has 186 valence electrons. The molecular weight excluding hydrogens is 462 g/mol. The van der Waals surface area contributed by atoms with E-state index in [4.69, 9.17) is 14.3 Å². The summed E-state index contributed by atoms with van der Waals surface area (Å²) in [6.45, 7) is 12.1. The number of ether oxygens (including phenoxy) is 2. The lowest BCUT2D eigenvalue weighted by atomic mass is 10.2. The average molecular weight is 494 g/mol. The zero-order valence-corrected chi connectivity index (χ0v) is 21.2. The van der Waals surface area contributed by atoms with Gasteiger partial charge < -0.3 is 20.1 Å². The number of anilines is 1. The lowest BCUT2D eigenvalue weighted by molar-refractivity contribution is -0.117. The van der Waals surface area contributed by atoms with Crippen LogP contribution in [0.25, 0.3) is 10.6 Å². The molecule has 2 aromatic heterocycles. The molecule has 11 nitrogen and oxygen atoms in total. The number of hydroxylamine groups is 1. The van der Waals surface area contributed by atoms with E-state index in [2.05, 4.69) is 26.1 Å². The quantitative estimate of drug-likeness (QED) is 0.491. The summed E-state index contributed by atoms with van der Waals surface area (Å²) < 4.78 is 10.2. The second-order valence-corrected chi connectivity index (χ2v) is 10.2. The first kappa shape index (κ1) is 27.0. The Morgan fingerprint density at radius 1 is 1.03 bits per heavy atom. The van der Waals surface area contributed by atoms with Gasteiger partial charge in [-0.15, -0.1) is 11.3 Å². The number of hydrogen-bond donors (Lipinski definition) is 3. The van der Waals surface area contributed by atoms with Crippen LogP contribution in [-0.2, 0) is 25.7 Å². The second-order valence-electron chi connectivity index (χ2n) is 9.33. The van der Waals surface area contributed by atoms with Gasteiger partial charge in [0, 0.05) is 17.1 Å². The van der Waals surface area contributed by atoms with Gasteiger partial charge in [-0.25, -0.2) is 14.6 Å². The molecule has 0 bridgehead atoms. The molecule has 0 aliphatic carbocycles. The van der Waals surface area contributed by atoms with E-state index < -0.39 is 35.3 Å². The van der Waals surface area contributed by atoms with Crippen LogP contribution >= 0.6 is 11.3 Å². The summed E-state index contributed by atoms with van der Waals surface area (Å²) in [6, 6.07) is 2.73. The van der Waals surface area contributed by atoms with Crippen molar-refractivity contribution < 1.29 is 28.7 Å². The van der Waals surface area contributed by atoms with E-state index in [1.165, 1.54) is 11.3 Å². The number of carbonyl (C=O) groups is 3. The van der Waals surface area contributed by atoms with Gasteiger partial charge in [-0.05, 0) is 60.6 Å². The van der Waals surface area contributed by atoms with Crippen LogP contribution in [0.4, 0.5) is 15.4 Å². The third-order valence-electron chi connectivity index (χ3n) is 3.73. The molecule has 3 N–H and O–H groups in total. The van der Waals surface area contributed by atoms with Crippen LogP contribution in [0.5, 0.6) is 0 Å². The summed E-state index contributed by atoms with van der Waals surface area (Å²) in [5.74, 6) is -0.0670. The van der Waals surface area contributed by atoms with Crippen LogP contribution in [-0.4, -0.2) is 45.3 Å². The Hall–Kier alpha value is -3.25. The normalized spacial score (nSPS) is 12.4. The highest BCUT2D eigenvalue weighted by molar-refractivity contribution is 7.13. The van der Waals surface area contributed by atoms with Gasteiger partial charge in [0.2, 0.25) is 5.91 Å². The minimum atomic E-state index is -0.810. The molecule has 0 spiro atoms. The fraction of sp³-hybridized carbons (Fsp3) is 0.500. The Labute approximate surface area is 202 Å². The number of carbonyl (C=O) groups excluding carboxylic acids is 3. The molecule has 2 aromatic rings. The van der Waals surface area contributed by atoms with E-state index in [1.54, 1.807) is 72.2 Å². The number of amides is 3. The number of pyridine rings is 1. The average Bonchev–Trinajstić information content (AvgIpc) is 3.14. The highest BCUT2D eigenvalue weighted by Crippen LogP contribution is 2.25. The van der Waals surface area contributed by atoms with Crippen LogP contribution in [0, 0.1) is 0 Å². The minimum absolute atomic E-state index is 0.0568. The smallest absolute Gasteiger partial charge is 0.431 e. The van der Waals surface area contributed by atoms with Gasteiger partial charge in [0.1, 0.15) is 34.7 Å². The van der Waals surface area contributed by atoms with E-state index in [-0.39, 0.29) is 6.61 Å². The molecule has 0 aliphatic rings. The minimum Gasteiger partial charge on any atom is -0.444 e. The van der Waals surface area contributed by atoms with Crippen LogP contribution in [0.1, 0.15) is 54.2 Å².